The van der Waals surface area contributed by atoms with Crippen molar-refractivity contribution in [1.29, 1.82) is 0 Å². The number of hydrogen-bond donors (Lipinski definition) is 0. The lowest BCUT2D eigenvalue weighted by molar-refractivity contribution is -0.384. The van der Waals surface area contributed by atoms with Gasteiger partial charge in [0.1, 0.15) is 5.82 Å². The number of nitro benzene ring substituents is 1. The van der Waals surface area contributed by atoms with Gasteiger partial charge in [0.05, 0.1) is 22.6 Å². The molecule has 1 aliphatic heterocycles. The summed E-state index contributed by atoms with van der Waals surface area (Å²) in [5.41, 5.74) is 3.43. The van der Waals surface area contributed by atoms with Crippen LogP contribution in [-0.4, -0.2) is 52.2 Å². The van der Waals surface area contributed by atoms with E-state index in [4.69, 9.17) is 9.72 Å². The van der Waals surface area contributed by atoms with Gasteiger partial charge < -0.3 is 14.2 Å². The average molecular weight is 423 g/mol. The van der Waals surface area contributed by atoms with Crippen LogP contribution in [0, 0.1) is 10.1 Å². The zero-order chi connectivity index (χ0) is 21.6. The third kappa shape index (κ3) is 5.11. The molecule has 164 valence electrons. The zero-order valence-corrected chi connectivity index (χ0v) is 18.1. The van der Waals surface area contributed by atoms with Crippen molar-refractivity contribution >= 4 is 16.7 Å². The third-order valence-electron chi connectivity index (χ3n) is 6.14. The summed E-state index contributed by atoms with van der Waals surface area (Å²) in [5, 5.41) is 11.0. The Morgan fingerprint density at radius 1 is 1.13 bits per heavy atom. The van der Waals surface area contributed by atoms with Crippen LogP contribution in [0.4, 0.5) is 5.69 Å². The lowest BCUT2D eigenvalue weighted by Gasteiger charge is -2.32. The highest BCUT2D eigenvalue weighted by Crippen LogP contribution is 2.30. The van der Waals surface area contributed by atoms with Crippen LogP contribution < -0.4 is 0 Å². The molecule has 0 bridgehead atoms. The fourth-order valence-electron chi connectivity index (χ4n) is 4.47. The van der Waals surface area contributed by atoms with Gasteiger partial charge in [-0.2, -0.15) is 0 Å². The van der Waals surface area contributed by atoms with Crippen LogP contribution in [-0.2, 0) is 17.7 Å². The number of hydrogen-bond acceptors (Lipinski definition) is 5. The number of benzene rings is 2. The minimum Gasteiger partial charge on any atom is -0.380 e. The molecule has 0 saturated carbocycles. The molecule has 31 heavy (non-hydrogen) atoms. The lowest BCUT2D eigenvalue weighted by Crippen LogP contribution is -2.35. The van der Waals surface area contributed by atoms with Crippen LogP contribution in [0.1, 0.15) is 37.1 Å². The second-order valence-corrected chi connectivity index (χ2v) is 8.10. The summed E-state index contributed by atoms with van der Waals surface area (Å²) in [6, 6.07) is 15.3. The van der Waals surface area contributed by atoms with Gasteiger partial charge in [-0.05, 0) is 57.0 Å². The van der Waals surface area contributed by atoms with E-state index in [-0.39, 0.29) is 10.6 Å². The van der Waals surface area contributed by atoms with Crippen molar-refractivity contribution in [3.63, 3.8) is 0 Å². The Bertz CT molecular complexity index is 1020. The Kier molecular flexibility index (Phi) is 6.94. The molecule has 0 radical (unpaired) electrons. The highest BCUT2D eigenvalue weighted by Gasteiger charge is 2.25. The highest BCUT2D eigenvalue weighted by molar-refractivity contribution is 5.76. The summed E-state index contributed by atoms with van der Waals surface area (Å²) in [6.45, 7) is 7.25. The van der Waals surface area contributed by atoms with Crippen LogP contribution >= 0.6 is 0 Å². The molecule has 0 atom stereocenters. The van der Waals surface area contributed by atoms with Crippen molar-refractivity contribution in [2.24, 2.45) is 0 Å². The summed E-state index contributed by atoms with van der Waals surface area (Å²) in [4.78, 5) is 18.1. The topological polar surface area (TPSA) is 73.4 Å². The van der Waals surface area contributed by atoms with Gasteiger partial charge in [0.15, 0.2) is 0 Å². The Morgan fingerprint density at radius 2 is 1.94 bits per heavy atom. The molecule has 0 amide bonds. The Balaban J connectivity index is 1.38. The van der Waals surface area contributed by atoms with Crippen LogP contribution in [0.25, 0.3) is 11.0 Å². The number of para-hydroxylation sites is 2. The molecule has 2 heterocycles. The van der Waals surface area contributed by atoms with Crippen molar-refractivity contribution in [3.05, 3.63) is 70.0 Å². The van der Waals surface area contributed by atoms with Gasteiger partial charge >= 0.3 is 0 Å². The number of rotatable bonds is 9. The predicted molar refractivity (Wildman–Crippen MR) is 121 cm³/mol. The molecular weight excluding hydrogens is 392 g/mol. The first kappa shape index (κ1) is 21.5. The maximum absolute atomic E-state index is 11.0. The molecule has 1 fully saturated rings. The van der Waals surface area contributed by atoms with E-state index >= 15 is 0 Å². The first-order valence-electron chi connectivity index (χ1n) is 11.1. The molecule has 7 heteroatoms. The molecule has 1 saturated heterocycles. The minimum absolute atomic E-state index is 0.169. The molecule has 0 unspecified atom stereocenters. The van der Waals surface area contributed by atoms with Crippen molar-refractivity contribution in [1.82, 2.24) is 14.5 Å². The quantitative estimate of drug-likeness (QED) is 0.290. The van der Waals surface area contributed by atoms with Crippen LogP contribution in [0.3, 0.4) is 0 Å². The van der Waals surface area contributed by atoms with Gasteiger partial charge in [0.2, 0.25) is 0 Å². The fraction of sp³-hybridized carbons (Fsp3) is 0.458. The lowest BCUT2D eigenvalue weighted by atomic mass is 9.95. The van der Waals surface area contributed by atoms with Gasteiger partial charge in [-0.1, -0.05) is 24.3 Å². The monoisotopic (exact) mass is 422 g/mol. The Labute approximate surface area is 182 Å². The fourth-order valence-corrected chi connectivity index (χ4v) is 4.47. The first-order chi connectivity index (χ1) is 15.2. The maximum Gasteiger partial charge on any atom is 0.269 e. The Morgan fingerprint density at radius 3 is 2.71 bits per heavy atom. The number of imidazole rings is 1. The maximum atomic E-state index is 11.0. The summed E-state index contributed by atoms with van der Waals surface area (Å²) in [6.07, 6.45) is 2.99. The van der Waals surface area contributed by atoms with Crippen LogP contribution in [0.15, 0.2) is 48.5 Å². The van der Waals surface area contributed by atoms with Gasteiger partial charge in [0, 0.05) is 37.7 Å². The third-order valence-corrected chi connectivity index (χ3v) is 6.14. The predicted octanol–water partition coefficient (Wildman–Crippen LogP) is 4.40. The van der Waals surface area contributed by atoms with E-state index in [1.54, 1.807) is 18.2 Å². The second-order valence-electron chi connectivity index (χ2n) is 8.10. The molecule has 0 aliphatic carbocycles. The molecule has 7 nitrogen and oxygen atoms in total. The largest absolute Gasteiger partial charge is 0.380 e. The standard InChI is InChI=1S/C24H30N4O3/c1-2-31-17-16-27-23-9-4-3-8-22(23)25-24(27)20-11-14-26(15-12-20)13-10-19-6-5-7-21(18-19)28(29)30/h3-9,18,20H,2,10-17H2,1H3. The van der Waals surface area contributed by atoms with Crippen LogP contribution in [0.2, 0.25) is 0 Å². The Hall–Kier alpha value is -2.77. The molecule has 4 rings (SSSR count). The minimum atomic E-state index is -0.327. The van der Waals surface area contributed by atoms with Gasteiger partial charge in [0.25, 0.3) is 5.69 Å². The number of likely N-dealkylation sites (tertiary alicyclic amines) is 1. The van der Waals surface area contributed by atoms with Gasteiger partial charge in [-0.3, -0.25) is 10.1 Å². The summed E-state index contributed by atoms with van der Waals surface area (Å²) >= 11 is 0. The van der Waals surface area contributed by atoms with Crippen molar-refractivity contribution < 1.29 is 9.66 Å². The molecule has 0 N–H and O–H groups in total. The number of non-ortho nitro benzene ring substituents is 1. The van der Waals surface area contributed by atoms with Gasteiger partial charge in [-0.25, -0.2) is 4.98 Å². The number of piperidine rings is 1. The normalized spacial score (nSPS) is 15.5. The van der Waals surface area contributed by atoms with E-state index in [2.05, 4.69) is 27.7 Å². The summed E-state index contributed by atoms with van der Waals surface area (Å²) in [7, 11) is 0. The number of fused-ring (bicyclic) bond motifs is 1. The summed E-state index contributed by atoms with van der Waals surface area (Å²) < 4.78 is 7.95. The molecular formula is C24H30N4O3. The van der Waals surface area contributed by atoms with E-state index in [1.165, 1.54) is 11.3 Å². The average Bonchev–Trinajstić information content (AvgIpc) is 3.17. The first-order valence-corrected chi connectivity index (χ1v) is 11.1. The van der Waals surface area contributed by atoms with Gasteiger partial charge in [-0.15, -0.1) is 0 Å². The van der Waals surface area contributed by atoms with E-state index in [9.17, 15) is 10.1 Å². The van der Waals surface area contributed by atoms with Crippen molar-refractivity contribution in [2.45, 2.75) is 38.6 Å². The van der Waals surface area contributed by atoms with E-state index in [0.29, 0.717) is 12.5 Å². The van der Waals surface area contributed by atoms with Crippen molar-refractivity contribution in [2.75, 3.05) is 32.8 Å². The number of aromatic nitrogens is 2. The van der Waals surface area contributed by atoms with E-state index in [0.717, 1.165) is 63.1 Å². The van der Waals surface area contributed by atoms with E-state index in [1.807, 2.05) is 19.1 Å². The molecule has 3 aromatic rings. The van der Waals surface area contributed by atoms with Crippen molar-refractivity contribution in [3.8, 4) is 0 Å². The van der Waals surface area contributed by atoms with E-state index < -0.39 is 0 Å². The number of nitro groups is 1. The second kappa shape index (κ2) is 10.0. The highest BCUT2D eigenvalue weighted by atomic mass is 16.6. The SMILES string of the molecule is CCOCCn1c(C2CCN(CCc3cccc([N+](=O)[O-])c3)CC2)nc2ccccc21. The molecule has 0 spiro atoms. The molecule has 2 aromatic carbocycles. The zero-order valence-electron chi connectivity index (χ0n) is 18.1. The molecule has 1 aromatic heterocycles. The number of nitrogens with zero attached hydrogens (tertiary/aromatic N) is 4. The number of ether oxygens (including phenoxy) is 1. The smallest absolute Gasteiger partial charge is 0.269 e. The summed E-state index contributed by atoms with van der Waals surface area (Å²) in [5.74, 6) is 1.63. The van der Waals surface area contributed by atoms with Crippen LogP contribution in [0.5, 0.6) is 0 Å². The molecule has 1 aliphatic rings.